The van der Waals surface area contributed by atoms with E-state index in [0.717, 1.165) is 13.0 Å². The lowest BCUT2D eigenvalue weighted by molar-refractivity contribution is -0.138. The smallest absolute Gasteiger partial charge is 0.303 e. The van der Waals surface area contributed by atoms with E-state index < -0.39 is 5.97 Å². The predicted octanol–water partition coefficient (Wildman–Crippen LogP) is 1.12. The lowest BCUT2D eigenvalue weighted by atomic mass is 9.95. The summed E-state index contributed by atoms with van der Waals surface area (Å²) in [6.07, 6.45) is 1.84. The molecule has 2 atom stereocenters. The van der Waals surface area contributed by atoms with E-state index in [4.69, 9.17) is 9.84 Å². The lowest BCUT2D eigenvalue weighted by Crippen LogP contribution is -2.46. The number of hydrogen-bond donors (Lipinski definition) is 1. The number of ether oxygens (including phenoxy) is 1. The molecule has 17 heavy (non-hydrogen) atoms. The highest BCUT2D eigenvalue weighted by molar-refractivity contribution is 5.77. The second-order valence-electron chi connectivity index (χ2n) is 4.63. The van der Waals surface area contributed by atoms with Crippen LogP contribution in [-0.2, 0) is 14.3 Å². The number of aliphatic carboxylic acids is 1. The first-order valence-corrected chi connectivity index (χ1v) is 6.07. The van der Waals surface area contributed by atoms with Gasteiger partial charge in [-0.15, -0.1) is 0 Å². The maximum absolute atomic E-state index is 11.8. The highest BCUT2D eigenvalue weighted by atomic mass is 16.5. The van der Waals surface area contributed by atoms with Gasteiger partial charge in [-0.25, -0.2) is 0 Å². The molecule has 5 heteroatoms. The Morgan fingerprint density at radius 2 is 2.12 bits per heavy atom. The van der Waals surface area contributed by atoms with Gasteiger partial charge in [0.2, 0.25) is 5.91 Å². The number of carbonyl (C=O) groups excluding carboxylic acids is 1. The Balaban J connectivity index is 2.34. The van der Waals surface area contributed by atoms with Gasteiger partial charge in [0.1, 0.15) is 0 Å². The van der Waals surface area contributed by atoms with Crippen molar-refractivity contribution in [3.63, 3.8) is 0 Å². The molecule has 1 saturated heterocycles. The van der Waals surface area contributed by atoms with Crippen molar-refractivity contribution in [3.8, 4) is 0 Å². The van der Waals surface area contributed by atoms with Crippen LogP contribution in [0.25, 0.3) is 0 Å². The minimum atomic E-state index is -0.847. The van der Waals surface area contributed by atoms with Crippen molar-refractivity contribution < 1.29 is 19.4 Å². The molecule has 0 radical (unpaired) electrons. The number of likely N-dealkylation sites (tertiary alicyclic amines) is 1. The number of hydrogen-bond acceptors (Lipinski definition) is 3. The Labute approximate surface area is 102 Å². The maximum Gasteiger partial charge on any atom is 0.303 e. The molecule has 1 heterocycles. The van der Waals surface area contributed by atoms with E-state index in [2.05, 4.69) is 6.92 Å². The van der Waals surface area contributed by atoms with Gasteiger partial charge in [0.15, 0.2) is 0 Å². The number of nitrogens with zero attached hydrogens (tertiary/aromatic N) is 1. The van der Waals surface area contributed by atoms with Crippen LogP contribution in [-0.4, -0.2) is 48.2 Å². The lowest BCUT2D eigenvalue weighted by Gasteiger charge is -2.36. The van der Waals surface area contributed by atoms with Crippen molar-refractivity contribution in [2.24, 2.45) is 5.92 Å². The summed E-state index contributed by atoms with van der Waals surface area (Å²) in [4.78, 5) is 24.0. The van der Waals surface area contributed by atoms with Crippen molar-refractivity contribution in [1.29, 1.82) is 0 Å². The van der Waals surface area contributed by atoms with E-state index in [1.807, 2.05) is 0 Å². The summed E-state index contributed by atoms with van der Waals surface area (Å²) in [6, 6.07) is 0. The van der Waals surface area contributed by atoms with Crippen molar-refractivity contribution in [3.05, 3.63) is 0 Å². The van der Waals surface area contributed by atoms with Gasteiger partial charge in [-0.2, -0.15) is 0 Å². The molecule has 1 rings (SSSR count). The molecule has 5 nitrogen and oxygen atoms in total. The van der Waals surface area contributed by atoms with E-state index in [1.54, 1.807) is 12.0 Å². The first-order chi connectivity index (χ1) is 8.04. The monoisotopic (exact) mass is 243 g/mol. The zero-order chi connectivity index (χ0) is 12.8. The summed E-state index contributed by atoms with van der Waals surface area (Å²) in [5.74, 6) is -0.330. The third kappa shape index (κ3) is 4.34. The van der Waals surface area contributed by atoms with Crippen LogP contribution in [0.4, 0.5) is 0 Å². The van der Waals surface area contributed by atoms with Gasteiger partial charge in [-0.1, -0.05) is 6.92 Å². The highest BCUT2D eigenvalue weighted by Gasteiger charge is 2.28. The minimum Gasteiger partial charge on any atom is -0.481 e. The largest absolute Gasteiger partial charge is 0.481 e. The third-order valence-corrected chi connectivity index (χ3v) is 3.33. The summed E-state index contributed by atoms with van der Waals surface area (Å²) in [7, 11) is 1.67. The Bertz CT molecular complexity index is 280. The molecule has 2 unspecified atom stereocenters. The molecule has 1 aliphatic rings. The minimum absolute atomic E-state index is 0.0419. The van der Waals surface area contributed by atoms with Gasteiger partial charge in [0, 0.05) is 33.0 Å². The quantitative estimate of drug-likeness (QED) is 0.786. The SMILES string of the molecule is COC1CN(C(=O)CCCC(=O)O)CCC1C. The van der Waals surface area contributed by atoms with Gasteiger partial charge >= 0.3 is 5.97 Å². The molecular formula is C12H21NO4. The number of carbonyl (C=O) groups is 2. The van der Waals surface area contributed by atoms with Gasteiger partial charge in [-0.05, 0) is 18.8 Å². The second-order valence-corrected chi connectivity index (χ2v) is 4.63. The molecule has 0 bridgehead atoms. The van der Waals surface area contributed by atoms with Crippen LogP contribution >= 0.6 is 0 Å². The second kappa shape index (κ2) is 6.59. The fourth-order valence-corrected chi connectivity index (χ4v) is 2.12. The number of carboxylic acids is 1. The van der Waals surface area contributed by atoms with Gasteiger partial charge in [-0.3, -0.25) is 9.59 Å². The number of carboxylic acid groups (broad SMARTS) is 1. The van der Waals surface area contributed by atoms with Crippen molar-refractivity contribution in [2.45, 2.75) is 38.7 Å². The van der Waals surface area contributed by atoms with Gasteiger partial charge in [0.25, 0.3) is 0 Å². The molecule has 98 valence electrons. The van der Waals surface area contributed by atoms with Crippen LogP contribution in [0.1, 0.15) is 32.6 Å². The molecule has 0 saturated carbocycles. The zero-order valence-corrected chi connectivity index (χ0v) is 10.5. The van der Waals surface area contributed by atoms with Crippen LogP contribution in [0.5, 0.6) is 0 Å². The van der Waals surface area contributed by atoms with Gasteiger partial charge in [0.05, 0.1) is 6.10 Å². The summed E-state index contributed by atoms with van der Waals surface area (Å²) in [6.45, 7) is 3.51. The van der Waals surface area contributed by atoms with Crippen molar-refractivity contribution in [1.82, 2.24) is 4.90 Å². The average molecular weight is 243 g/mol. The van der Waals surface area contributed by atoms with Gasteiger partial charge < -0.3 is 14.7 Å². The molecule has 1 amide bonds. The van der Waals surface area contributed by atoms with E-state index >= 15 is 0 Å². The normalized spacial score (nSPS) is 24.7. The van der Waals surface area contributed by atoms with E-state index in [0.29, 0.717) is 25.3 Å². The number of rotatable bonds is 5. The van der Waals surface area contributed by atoms with E-state index in [-0.39, 0.29) is 18.4 Å². The zero-order valence-electron chi connectivity index (χ0n) is 10.5. The molecule has 0 spiro atoms. The molecule has 0 aromatic heterocycles. The first kappa shape index (κ1) is 14.0. The summed E-state index contributed by atoms with van der Waals surface area (Å²) >= 11 is 0. The van der Waals surface area contributed by atoms with Crippen LogP contribution in [0.15, 0.2) is 0 Å². The first-order valence-electron chi connectivity index (χ1n) is 6.07. The topological polar surface area (TPSA) is 66.8 Å². The van der Waals surface area contributed by atoms with Crippen LogP contribution < -0.4 is 0 Å². The molecule has 1 N–H and O–H groups in total. The molecular weight excluding hydrogens is 222 g/mol. The predicted molar refractivity (Wildman–Crippen MR) is 62.6 cm³/mol. The standard InChI is InChI=1S/C12H21NO4/c1-9-6-7-13(8-10(9)17-2)11(14)4-3-5-12(15)16/h9-10H,3-8H2,1-2H3,(H,15,16). The Hall–Kier alpha value is -1.10. The van der Waals surface area contributed by atoms with Crippen LogP contribution in [0.2, 0.25) is 0 Å². The average Bonchev–Trinajstić information content (AvgIpc) is 2.29. The summed E-state index contributed by atoms with van der Waals surface area (Å²) < 4.78 is 5.34. The summed E-state index contributed by atoms with van der Waals surface area (Å²) in [5.41, 5.74) is 0. The fourth-order valence-electron chi connectivity index (χ4n) is 2.12. The molecule has 0 aromatic carbocycles. The highest BCUT2D eigenvalue weighted by Crippen LogP contribution is 2.20. The van der Waals surface area contributed by atoms with Crippen LogP contribution in [0.3, 0.4) is 0 Å². The number of methoxy groups -OCH3 is 1. The fraction of sp³-hybridized carbons (Fsp3) is 0.833. The molecule has 1 fully saturated rings. The van der Waals surface area contributed by atoms with E-state index in [1.165, 1.54) is 0 Å². The maximum atomic E-state index is 11.8. The van der Waals surface area contributed by atoms with E-state index in [9.17, 15) is 9.59 Å². The Morgan fingerprint density at radius 3 is 2.71 bits per heavy atom. The van der Waals surface area contributed by atoms with Crippen molar-refractivity contribution in [2.75, 3.05) is 20.2 Å². The third-order valence-electron chi connectivity index (χ3n) is 3.33. The number of piperidine rings is 1. The molecule has 0 aliphatic carbocycles. The number of amides is 1. The Morgan fingerprint density at radius 1 is 1.41 bits per heavy atom. The van der Waals surface area contributed by atoms with Crippen LogP contribution in [0, 0.1) is 5.92 Å². The molecule has 1 aliphatic heterocycles. The Kier molecular flexibility index (Phi) is 5.41. The summed E-state index contributed by atoms with van der Waals surface area (Å²) in [5, 5.41) is 8.51. The van der Waals surface area contributed by atoms with Crippen molar-refractivity contribution >= 4 is 11.9 Å². The molecule has 0 aromatic rings.